The summed E-state index contributed by atoms with van der Waals surface area (Å²) in [5.74, 6) is -1.24. The fourth-order valence-electron chi connectivity index (χ4n) is 5.01. The molecule has 0 saturated heterocycles. The summed E-state index contributed by atoms with van der Waals surface area (Å²) in [5, 5.41) is 30.4. The maximum Gasteiger partial charge on any atom is 0.472 e. The van der Waals surface area contributed by atoms with Gasteiger partial charge in [-0.05, 0) is 64.2 Å². The molecular formula is C45H74NO11P. The number of hydrogen-bond donors (Lipinski definition) is 5. The molecule has 0 fully saturated rings. The summed E-state index contributed by atoms with van der Waals surface area (Å²) in [6, 6.07) is 0. The lowest BCUT2D eigenvalue weighted by Crippen LogP contribution is -2.29. The van der Waals surface area contributed by atoms with Gasteiger partial charge in [-0.1, -0.05) is 143 Å². The summed E-state index contributed by atoms with van der Waals surface area (Å²) in [6.07, 6.45) is 39.6. The standard InChI is InChI=1S/C45H74NO11P/c1-3-5-7-8-9-10-11-12-13-14-15-16-17-18-19-24-28-34-45(51)57-41(39-56-58(52,53)55-37-36-46)38-54-44(50)35-29-33-43(49)42(48)32-27-23-21-20-22-26-31-40(47)30-25-6-4-2/h9-10,12-13,15-16,18-23,26-27,31-32,40-43,47-49H,3-8,11,14,17,24-25,28-30,33-39,46H2,1-2H3,(H,52,53)/b10-9-,13-12-,16-15-,19-18-,22-20-,23-21+,31-26+,32-27+/t40-,41-,42-,43-/m1/s1. The molecule has 5 atom stereocenters. The number of unbranched alkanes of at least 4 members (excludes halogenated alkanes) is 6. The van der Waals surface area contributed by atoms with E-state index in [1.165, 1.54) is 25.3 Å². The second-order valence-corrected chi connectivity index (χ2v) is 15.2. The molecule has 0 heterocycles. The molecule has 0 aliphatic heterocycles. The third kappa shape index (κ3) is 37.1. The summed E-state index contributed by atoms with van der Waals surface area (Å²) in [7, 11) is -4.48. The van der Waals surface area contributed by atoms with Gasteiger partial charge in [-0.3, -0.25) is 18.6 Å². The largest absolute Gasteiger partial charge is 0.472 e. The van der Waals surface area contributed by atoms with Gasteiger partial charge < -0.3 is 35.4 Å². The van der Waals surface area contributed by atoms with E-state index in [2.05, 4.69) is 50.3 Å². The maximum atomic E-state index is 12.6. The minimum atomic E-state index is -4.48. The number of aliphatic hydroxyl groups excluding tert-OH is 3. The highest BCUT2D eigenvalue weighted by Crippen LogP contribution is 2.43. The number of ether oxygens (including phenoxy) is 2. The fourth-order valence-corrected chi connectivity index (χ4v) is 5.77. The van der Waals surface area contributed by atoms with E-state index in [0.29, 0.717) is 12.8 Å². The van der Waals surface area contributed by atoms with E-state index in [4.69, 9.17) is 24.3 Å². The van der Waals surface area contributed by atoms with Crippen molar-refractivity contribution in [3.05, 3.63) is 97.2 Å². The van der Waals surface area contributed by atoms with Gasteiger partial charge in [0.05, 0.1) is 31.5 Å². The van der Waals surface area contributed by atoms with Crippen LogP contribution >= 0.6 is 7.82 Å². The average molecular weight is 836 g/mol. The number of aliphatic hydroxyl groups is 3. The second-order valence-electron chi connectivity index (χ2n) is 13.7. The smallest absolute Gasteiger partial charge is 0.462 e. The second kappa shape index (κ2) is 39.3. The summed E-state index contributed by atoms with van der Waals surface area (Å²) < 4.78 is 32.4. The zero-order valence-corrected chi connectivity index (χ0v) is 36.0. The van der Waals surface area contributed by atoms with E-state index >= 15 is 0 Å². The van der Waals surface area contributed by atoms with Crippen molar-refractivity contribution in [3.8, 4) is 0 Å². The van der Waals surface area contributed by atoms with Crippen molar-refractivity contribution in [3.63, 3.8) is 0 Å². The van der Waals surface area contributed by atoms with E-state index < -0.39 is 57.4 Å². The van der Waals surface area contributed by atoms with Crippen LogP contribution in [-0.4, -0.2) is 82.9 Å². The van der Waals surface area contributed by atoms with E-state index in [9.17, 15) is 34.4 Å². The fraction of sp³-hybridized carbons (Fsp3) is 0.600. The summed E-state index contributed by atoms with van der Waals surface area (Å²) in [6.45, 7) is 3.10. The Morgan fingerprint density at radius 3 is 1.81 bits per heavy atom. The number of phosphoric acid groups is 1. The quantitative estimate of drug-likeness (QED) is 0.0132. The van der Waals surface area contributed by atoms with Gasteiger partial charge in [-0.15, -0.1) is 0 Å². The Kier molecular flexibility index (Phi) is 37.1. The highest BCUT2D eigenvalue weighted by Gasteiger charge is 2.26. The first kappa shape index (κ1) is 54.8. The predicted molar refractivity (Wildman–Crippen MR) is 233 cm³/mol. The van der Waals surface area contributed by atoms with Crippen LogP contribution < -0.4 is 5.73 Å². The number of esters is 2. The first-order valence-electron chi connectivity index (χ1n) is 21.0. The number of carbonyl (C=O) groups excluding carboxylic acids is 2. The zero-order chi connectivity index (χ0) is 43.0. The number of hydrogen-bond acceptors (Lipinski definition) is 11. The molecule has 0 aliphatic rings. The van der Waals surface area contributed by atoms with Crippen LogP contribution in [0.5, 0.6) is 0 Å². The van der Waals surface area contributed by atoms with Crippen LogP contribution in [-0.2, 0) is 32.7 Å². The van der Waals surface area contributed by atoms with Crippen molar-refractivity contribution < 1.29 is 52.9 Å². The minimum Gasteiger partial charge on any atom is -0.462 e. The zero-order valence-electron chi connectivity index (χ0n) is 35.1. The molecule has 58 heavy (non-hydrogen) atoms. The van der Waals surface area contributed by atoms with Crippen molar-refractivity contribution in [1.29, 1.82) is 0 Å². The molecule has 0 rings (SSSR count). The van der Waals surface area contributed by atoms with Crippen LogP contribution in [0.15, 0.2) is 97.2 Å². The molecule has 0 spiro atoms. The summed E-state index contributed by atoms with van der Waals surface area (Å²) >= 11 is 0. The number of rotatable bonds is 37. The lowest BCUT2D eigenvalue weighted by atomic mass is 10.1. The molecule has 12 nitrogen and oxygen atoms in total. The average Bonchev–Trinajstić information content (AvgIpc) is 3.20. The van der Waals surface area contributed by atoms with Crippen LogP contribution in [0.2, 0.25) is 0 Å². The van der Waals surface area contributed by atoms with Gasteiger partial charge in [0.15, 0.2) is 6.10 Å². The number of carbonyl (C=O) groups is 2. The Balaban J connectivity index is 4.62. The van der Waals surface area contributed by atoms with Gasteiger partial charge in [-0.2, -0.15) is 0 Å². The molecule has 330 valence electrons. The van der Waals surface area contributed by atoms with Crippen molar-refractivity contribution in [2.45, 2.75) is 147 Å². The first-order chi connectivity index (χ1) is 28.0. The van der Waals surface area contributed by atoms with Gasteiger partial charge in [0.25, 0.3) is 0 Å². The van der Waals surface area contributed by atoms with Crippen LogP contribution in [0, 0.1) is 0 Å². The Labute approximate surface area is 348 Å². The van der Waals surface area contributed by atoms with Gasteiger partial charge in [0.2, 0.25) is 0 Å². The van der Waals surface area contributed by atoms with E-state index in [-0.39, 0.29) is 38.8 Å². The number of phosphoric ester groups is 1. The molecule has 0 aromatic rings. The Morgan fingerprint density at radius 1 is 0.638 bits per heavy atom. The molecule has 6 N–H and O–H groups in total. The van der Waals surface area contributed by atoms with Crippen LogP contribution in [0.3, 0.4) is 0 Å². The van der Waals surface area contributed by atoms with Gasteiger partial charge >= 0.3 is 19.8 Å². The van der Waals surface area contributed by atoms with Crippen molar-refractivity contribution >= 4 is 19.8 Å². The lowest BCUT2D eigenvalue weighted by Gasteiger charge is -2.20. The molecule has 0 saturated carbocycles. The monoisotopic (exact) mass is 835 g/mol. The van der Waals surface area contributed by atoms with Crippen molar-refractivity contribution in [2.75, 3.05) is 26.4 Å². The van der Waals surface area contributed by atoms with Crippen LogP contribution in [0.4, 0.5) is 0 Å². The molecule has 0 amide bonds. The molecule has 0 aromatic carbocycles. The Bertz CT molecular complexity index is 1320. The van der Waals surface area contributed by atoms with Gasteiger partial charge in [-0.25, -0.2) is 4.57 Å². The third-order valence-electron chi connectivity index (χ3n) is 8.31. The maximum absolute atomic E-state index is 12.6. The molecule has 13 heteroatoms. The third-order valence-corrected chi connectivity index (χ3v) is 9.29. The van der Waals surface area contributed by atoms with E-state index in [1.807, 2.05) is 12.2 Å². The molecular weight excluding hydrogens is 761 g/mol. The Morgan fingerprint density at radius 2 is 1.19 bits per heavy atom. The van der Waals surface area contributed by atoms with Crippen molar-refractivity contribution in [1.82, 2.24) is 0 Å². The molecule has 0 bridgehead atoms. The van der Waals surface area contributed by atoms with E-state index in [0.717, 1.165) is 51.4 Å². The molecule has 0 radical (unpaired) electrons. The number of nitrogens with two attached hydrogens (primary N) is 1. The normalized spacial score (nSPS) is 15.9. The first-order valence-corrected chi connectivity index (χ1v) is 22.5. The predicted octanol–water partition coefficient (Wildman–Crippen LogP) is 8.74. The topological polar surface area (TPSA) is 195 Å². The van der Waals surface area contributed by atoms with Gasteiger partial charge in [0, 0.05) is 19.4 Å². The summed E-state index contributed by atoms with van der Waals surface area (Å²) in [4.78, 5) is 34.9. The highest BCUT2D eigenvalue weighted by atomic mass is 31.2. The SMILES string of the molecule is CCCCC/C=C\C/C=C\C/C=C\C/C=C\CCCC(=O)O[C@H](COC(=O)CCC[C@@H](O)[C@H](O)/C=C/C=C/C=C\C=C\[C@H](O)CCCCC)COP(=O)(O)OCCN. The van der Waals surface area contributed by atoms with E-state index in [1.54, 1.807) is 42.5 Å². The van der Waals surface area contributed by atoms with Crippen LogP contribution in [0.1, 0.15) is 123 Å². The summed E-state index contributed by atoms with van der Waals surface area (Å²) in [5.41, 5.74) is 5.32. The highest BCUT2D eigenvalue weighted by molar-refractivity contribution is 7.47. The lowest BCUT2D eigenvalue weighted by molar-refractivity contribution is -0.161. The molecule has 0 aromatic heterocycles. The van der Waals surface area contributed by atoms with Gasteiger partial charge in [0.1, 0.15) is 6.61 Å². The molecule has 0 aliphatic carbocycles. The minimum absolute atomic E-state index is 0.00945. The van der Waals surface area contributed by atoms with Crippen LogP contribution in [0.25, 0.3) is 0 Å². The molecule has 1 unspecified atom stereocenters. The van der Waals surface area contributed by atoms with Crippen molar-refractivity contribution in [2.24, 2.45) is 5.73 Å². The Hall–Kier alpha value is -3.19. The number of allylic oxidation sites excluding steroid dienone is 14.